The van der Waals surface area contributed by atoms with E-state index in [0.29, 0.717) is 28.8 Å². The van der Waals surface area contributed by atoms with Gasteiger partial charge in [0.15, 0.2) is 11.2 Å². The predicted molar refractivity (Wildman–Crippen MR) is 147 cm³/mol. The first-order valence-electron chi connectivity index (χ1n) is 13.0. The molecule has 0 spiro atoms. The Hall–Kier alpha value is -3.88. The number of nitrogens with one attached hydrogen (secondary N) is 1. The number of benzene rings is 1. The smallest absolute Gasteiger partial charge is 0.480 e. The minimum absolute atomic E-state index is 0.0461. The Morgan fingerprint density at radius 2 is 1.67 bits per heavy atom. The van der Waals surface area contributed by atoms with Crippen LogP contribution in [0.15, 0.2) is 37.9 Å². The summed E-state index contributed by atoms with van der Waals surface area (Å²) in [5.41, 5.74) is 2.05. The first-order valence-corrected chi connectivity index (χ1v) is 13.0. The molecular weight excluding hydrogens is 500 g/mol. The van der Waals surface area contributed by atoms with Crippen molar-refractivity contribution in [2.24, 2.45) is 5.92 Å². The van der Waals surface area contributed by atoms with Gasteiger partial charge in [-0.05, 0) is 71.9 Å². The van der Waals surface area contributed by atoms with E-state index in [-0.39, 0.29) is 24.0 Å². The third-order valence-corrected chi connectivity index (χ3v) is 6.44. The van der Waals surface area contributed by atoms with Crippen LogP contribution in [0.4, 0.5) is 4.79 Å². The van der Waals surface area contributed by atoms with E-state index >= 15 is 0 Å². The van der Waals surface area contributed by atoms with Gasteiger partial charge >= 0.3 is 17.9 Å². The lowest BCUT2D eigenvalue weighted by Crippen LogP contribution is -2.37. The molecule has 3 rings (SSSR count). The Bertz CT molecular complexity index is 1430. The first-order chi connectivity index (χ1) is 18.0. The van der Waals surface area contributed by atoms with Gasteiger partial charge in [-0.1, -0.05) is 43.7 Å². The summed E-state index contributed by atoms with van der Waals surface area (Å²) in [6.45, 7) is 16.2. The van der Waals surface area contributed by atoms with Gasteiger partial charge in [0.1, 0.15) is 11.4 Å². The number of carbonyl (C=O) groups is 2. The molecule has 0 bridgehead atoms. The number of aliphatic carboxylic acids is 1. The molecule has 1 unspecified atom stereocenters. The van der Waals surface area contributed by atoms with E-state index in [1.807, 2.05) is 31.2 Å². The number of carbonyl (C=O) groups excluding carboxylic acids is 1. The summed E-state index contributed by atoms with van der Waals surface area (Å²) >= 11 is 0. The average Bonchev–Trinajstić information content (AvgIpc) is 3.14. The van der Waals surface area contributed by atoms with Gasteiger partial charge in [0.2, 0.25) is 0 Å². The molecule has 0 radical (unpaired) electrons. The molecule has 0 saturated heterocycles. The predicted octanol–water partition coefficient (Wildman–Crippen LogP) is 5.83. The number of alkyl carbamates (subject to hydrolysis) is 1. The van der Waals surface area contributed by atoms with Crippen LogP contribution in [0.25, 0.3) is 11.1 Å². The minimum Gasteiger partial charge on any atom is -0.480 e. The Labute approximate surface area is 228 Å². The van der Waals surface area contributed by atoms with Gasteiger partial charge in [0.05, 0.1) is 0 Å². The fraction of sp³-hybridized carbons (Fsp3) is 0.467. The molecule has 0 aliphatic heterocycles. The standard InChI is InChI=1S/C30H38N2O7/c1-16(2)14-22-21(15-31-27(35)39-29(6,7)8)23(20-12-10-17(3)11-13-20)24(18(4)32-22)30(9,26(33)34)25-19(5)37-28(36)38-25/h10-13,16H,14-15H2,1-9H3,(H,31,35)(H,33,34). The molecular formula is C30H38N2O7. The van der Waals surface area contributed by atoms with E-state index in [4.69, 9.17) is 18.6 Å². The largest absolute Gasteiger partial charge is 0.519 e. The average molecular weight is 539 g/mol. The molecule has 9 heteroatoms. The van der Waals surface area contributed by atoms with Crippen molar-refractivity contribution in [2.45, 2.75) is 86.3 Å². The topological polar surface area (TPSA) is 132 Å². The second-order valence-electron chi connectivity index (χ2n) is 11.5. The van der Waals surface area contributed by atoms with Gasteiger partial charge in [-0.15, -0.1) is 0 Å². The lowest BCUT2D eigenvalue weighted by atomic mass is 9.73. The Balaban J connectivity index is 2.42. The van der Waals surface area contributed by atoms with E-state index in [2.05, 4.69) is 19.2 Å². The van der Waals surface area contributed by atoms with Crippen LogP contribution < -0.4 is 11.1 Å². The molecule has 1 amide bonds. The Morgan fingerprint density at radius 1 is 1.05 bits per heavy atom. The van der Waals surface area contributed by atoms with E-state index in [0.717, 1.165) is 16.8 Å². The number of rotatable bonds is 8. The van der Waals surface area contributed by atoms with E-state index < -0.39 is 28.9 Å². The van der Waals surface area contributed by atoms with Crippen molar-refractivity contribution >= 4 is 12.1 Å². The second-order valence-corrected chi connectivity index (χ2v) is 11.5. The molecule has 3 aromatic rings. The van der Waals surface area contributed by atoms with Crippen LogP contribution in [0, 0.1) is 26.7 Å². The van der Waals surface area contributed by atoms with Crippen molar-refractivity contribution < 1.29 is 28.3 Å². The number of hydrogen-bond donors (Lipinski definition) is 2. The van der Waals surface area contributed by atoms with Crippen LogP contribution in [0.3, 0.4) is 0 Å². The van der Waals surface area contributed by atoms with Crippen LogP contribution in [0.2, 0.25) is 0 Å². The molecule has 210 valence electrons. The van der Waals surface area contributed by atoms with Crippen LogP contribution in [-0.4, -0.2) is 27.8 Å². The highest BCUT2D eigenvalue weighted by molar-refractivity contribution is 5.90. The molecule has 0 fully saturated rings. The fourth-order valence-electron chi connectivity index (χ4n) is 4.79. The molecule has 0 aliphatic carbocycles. The maximum Gasteiger partial charge on any atom is 0.519 e. The Kier molecular flexibility index (Phi) is 8.43. The Morgan fingerprint density at radius 3 is 2.15 bits per heavy atom. The number of hydrogen-bond acceptors (Lipinski definition) is 7. The summed E-state index contributed by atoms with van der Waals surface area (Å²) in [6.07, 6.45) is -0.0118. The highest BCUT2D eigenvalue weighted by Gasteiger charge is 2.47. The number of carboxylic acids is 1. The van der Waals surface area contributed by atoms with Crippen LogP contribution in [0.1, 0.15) is 81.1 Å². The van der Waals surface area contributed by atoms with Crippen LogP contribution >= 0.6 is 0 Å². The summed E-state index contributed by atoms with van der Waals surface area (Å²) < 4.78 is 15.9. The lowest BCUT2D eigenvalue weighted by Gasteiger charge is -2.30. The zero-order valence-corrected chi connectivity index (χ0v) is 24.1. The molecule has 39 heavy (non-hydrogen) atoms. The second kappa shape index (κ2) is 11.1. The van der Waals surface area contributed by atoms with Crippen molar-refractivity contribution in [3.05, 3.63) is 74.5 Å². The van der Waals surface area contributed by atoms with Crippen molar-refractivity contribution in [1.29, 1.82) is 0 Å². The van der Waals surface area contributed by atoms with Gasteiger partial charge in [-0.3, -0.25) is 9.78 Å². The number of aryl methyl sites for hydroxylation is 3. The van der Waals surface area contributed by atoms with Gasteiger partial charge in [-0.2, -0.15) is 0 Å². The molecule has 1 atom stereocenters. The molecule has 2 N–H and O–H groups in total. The summed E-state index contributed by atoms with van der Waals surface area (Å²) in [4.78, 5) is 42.6. The number of amides is 1. The summed E-state index contributed by atoms with van der Waals surface area (Å²) in [7, 11) is 0. The molecule has 1 aromatic carbocycles. The number of ether oxygens (including phenoxy) is 1. The number of nitrogens with zero attached hydrogens (tertiary/aromatic N) is 1. The summed E-state index contributed by atoms with van der Waals surface area (Å²) in [5, 5.41) is 13.5. The van der Waals surface area contributed by atoms with Crippen molar-refractivity contribution in [1.82, 2.24) is 10.3 Å². The van der Waals surface area contributed by atoms with Crippen LogP contribution in [-0.2, 0) is 27.9 Å². The molecule has 2 heterocycles. The van der Waals surface area contributed by atoms with Crippen molar-refractivity contribution in [3.63, 3.8) is 0 Å². The van der Waals surface area contributed by atoms with Gasteiger partial charge in [0, 0.05) is 29.1 Å². The van der Waals surface area contributed by atoms with E-state index in [9.17, 15) is 19.5 Å². The number of aromatic nitrogens is 1. The SMILES string of the molecule is Cc1ccc(-c2c(CNC(=O)OC(C)(C)C)c(CC(C)C)nc(C)c2C(C)(C(=O)O)c2oc(=O)oc2C)cc1. The van der Waals surface area contributed by atoms with E-state index in [1.165, 1.54) is 13.8 Å². The summed E-state index contributed by atoms with van der Waals surface area (Å²) in [5.74, 6) is -2.04. The lowest BCUT2D eigenvalue weighted by molar-refractivity contribution is -0.142. The monoisotopic (exact) mass is 538 g/mol. The maximum atomic E-state index is 13.0. The quantitative estimate of drug-likeness (QED) is 0.366. The third kappa shape index (κ3) is 6.41. The normalized spacial score (nSPS) is 13.3. The zero-order valence-electron chi connectivity index (χ0n) is 24.1. The maximum absolute atomic E-state index is 13.0. The van der Waals surface area contributed by atoms with E-state index in [1.54, 1.807) is 27.7 Å². The molecule has 0 saturated carbocycles. The zero-order chi connectivity index (χ0) is 29.3. The molecule has 2 aromatic heterocycles. The van der Waals surface area contributed by atoms with Crippen molar-refractivity contribution in [3.8, 4) is 11.1 Å². The fourth-order valence-corrected chi connectivity index (χ4v) is 4.79. The van der Waals surface area contributed by atoms with Gasteiger partial charge in [-0.25, -0.2) is 9.59 Å². The van der Waals surface area contributed by atoms with Gasteiger partial charge in [0.25, 0.3) is 0 Å². The molecule has 0 aliphatic rings. The minimum atomic E-state index is -1.83. The molecule has 9 nitrogen and oxygen atoms in total. The third-order valence-electron chi connectivity index (χ3n) is 6.44. The number of carboxylic acid groups (broad SMARTS) is 1. The van der Waals surface area contributed by atoms with Crippen molar-refractivity contribution in [2.75, 3.05) is 0 Å². The highest BCUT2D eigenvalue weighted by Crippen LogP contribution is 2.44. The first kappa shape index (κ1) is 29.7. The van der Waals surface area contributed by atoms with Gasteiger partial charge < -0.3 is 24.0 Å². The summed E-state index contributed by atoms with van der Waals surface area (Å²) in [6, 6.07) is 7.68. The van der Waals surface area contributed by atoms with Crippen LogP contribution in [0.5, 0.6) is 0 Å². The highest BCUT2D eigenvalue weighted by atomic mass is 16.6. The number of pyridine rings is 1.